The van der Waals surface area contributed by atoms with Crippen molar-refractivity contribution in [3.05, 3.63) is 29.8 Å². The summed E-state index contributed by atoms with van der Waals surface area (Å²) < 4.78 is 29.8. The van der Waals surface area contributed by atoms with Crippen molar-refractivity contribution in [3.8, 4) is 5.75 Å². The Labute approximate surface area is 125 Å². The molecule has 1 unspecified atom stereocenters. The minimum atomic E-state index is -3.23. The Balaban J connectivity index is 2.48. The van der Waals surface area contributed by atoms with Crippen LogP contribution >= 0.6 is 0 Å². The van der Waals surface area contributed by atoms with E-state index in [9.17, 15) is 13.2 Å². The summed E-state index contributed by atoms with van der Waals surface area (Å²) in [6.45, 7) is 4.15. The largest absolute Gasteiger partial charge is 0.480 e. The van der Waals surface area contributed by atoms with Crippen molar-refractivity contribution >= 4 is 15.9 Å². The van der Waals surface area contributed by atoms with Gasteiger partial charge in [-0.05, 0) is 25.0 Å². The zero-order chi connectivity index (χ0) is 15.9. The number of sulfonamides is 1. The number of carbonyl (C=O) groups excluding carboxylic acids is 1. The third-order valence-corrected chi connectivity index (χ3v) is 3.54. The molecule has 2 N–H and O–H groups in total. The third kappa shape index (κ3) is 6.59. The van der Waals surface area contributed by atoms with E-state index in [2.05, 4.69) is 10.0 Å². The molecule has 1 aromatic carbocycles. The smallest absolute Gasteiger partial charge is 0.261 e. The molecule has 6 nitrogen and oxygen atoms in total. The second-order valence-electron chi connectivity index (χ2n) is 4.74. The van der Waals surface area contributed by atoms with Crippen molar-refractivity contribution in [1.29, 1.82) is 0 Å². The first-order valence-electron chi connectivity index (χ1n) is 6.78. The monoisotopic (exact) mass is 314 g/mol. The van der Waals surface area contributed by atoms with Crippen LogP contribution in [0.25, 0.3) is 0 Å². The van der Waals surface area contributed by atoms with Crippen LogP contribution in [0, 0.1) is 6.92 Å². The summed E-state index contributed by atoms with van der Waals surface area (Å²) >= 11 is 0. The maximum atomic E-state index is 12.0. The second-order valence-corrected chi connectivity index (χ2v) is 6.57. The molecule has 7 heteroatoms. The number of carbonyl (C=O) groups is 1. The molecule has 1 aromatic rings. The van der Waals surface area contributed by atoms with Gasteiger partial charge in [0.1, 0.15) is 5.75 Å². The Hall–Kier alpha value is -1.60. The Morgan fingerprint density at radius 3 is 2.52 bits per heavy atom. The van der Waals surface area contributed by atoms with Gasteiger partial charge in [0.15, 0.2) is 6.10 Å². The molecule has 0 saturated carbocycles. The van der Waals surface area contributed by atoms with Gasteiger partial charge in [0.25, 0.3) is 5.91 Å². The molecule has 1 amide bonds. The zero-order valence-electron chi connectivity index (χ0n) is 12.5. The first kappa shape index (κ1) is 17.5. The standard InChI is InChI=1S/C14H22N2O4S/c1-4-12(20-13-8-6-5-7-11(13)2)14(17)15-9-10-16-21(3,18)19/h5-8,12,16H,4,9-10H2,1-3H3,(H,15,17). The van der Waals surface area contributed by atoms with E-state index in [1.54, 1.807) is 0 Å². The number of benzene rings is 1. The minimum Gasteiger partial charge on any atom is -0.480 e. The van der Waals surface area contributed by atoms with Gasteiger partial charge >= 0.3 is 0 Å². The molecular formula is C14H22N2O4S. The summed E-state index contributed by atoms with van der Waals surface area (Å²) in [5.74, 6) is 0.421. The van der Waals surface area contributed by atoms with E-state index in [1.807, 2.05) is 38.1 Å². The SMILES string of the molecule is CCC(Oc1ccccc1C)C(=O)NCCNS(C)(=O)=O. The van der Waals surface area contributed by atoms with Crippen LogP contribution < -0.4 is 14.8 Å². The highest BCUT2D eigenvalue weighted by Crippen LogP contribution is 2.18. The fourth-order valence-corrected chi connectivity index (χ4v) is 2.17. The molecular weight excluding hydrogens is 292 g/mol. The molecule has 21 heavy (non-hydrogen) atoms. The second kappa shape index (κ2) is 7.99. The van der Waals surface area contributed by atoms with Gasteiger partial charge in [0.05, 0.1) is 6.26 Å². The maximum absolute atomic E-state index is 12.0. The van der Waals surface area contributed by atoms with Gasteiger partial charge in [-0.2, -0.15) is 0 Å². The molecule has 0 aliphatic carbocycles. The third-order valence-electron chi connectivity index (χ3n) is 2.81. The number of ether oxygens (including phenoxy) is 1. The van der Waals surface area contributed by atoms with Crippen LogP contribution in [0.3, 0.4) is 0 Å². The highest BCUT2D eigenvalue weighted by molar-refractivity contribution is 7.88. The fraction of sp³-hybridized carbons (Fsp3) is 0.500. The van der Waals surface area contributed by atoms with E-state index in [4.69, 9.17) is 4.74 Å². The predicted molar refractivity (Wildman–Crippen MR) is 81.7 cm³/mol. The molecule has 0 aliphatic heterocycles. The quantitative estimate of drug-likeness (QED) is 0.696. The topological polar surface area (TPSA) is 84.5 Å². The molecule has 0 saturated heterocycles. The number of para-hydroxylation sites is 1. The summed E-state index contributed by atoms with van der Waals surface area (Å²) in [4.78, 5) is 12.0. The van der Waals surface area contributed by atoms with Crippen molar-refractivity contribution < 1.29 is 17.9 Å². The molecule has 0 radical (unpaired) electrons. The average Bonchev–Trinajstić information content (AvgIpc) is 2.41. The van der Waals surface area contributed by atoms with Crippen LogP contribution in [0.1, 0.15) is 18.9 Å². The van der Waals surface area contributed by atoms with Crippen molar-refractivity contribution in [1.82, 2.24) is 10.0 Å². The number of amides is 1. The van der Waals surface area contributed by atoms with E-state index in [-0.39, 0.29) is 19.0 Å². The first-order chi connectivity index (χ1) is 9.83. The lowest BCUT2D eigenvalue weighted by Gasteiger charge is -2.18. The highest BCUT2D eigenvalue weighted by Gasteiger charge is 2.18. The van der Waals surface area contributed by atoms with Gasteiger partial charge in [0.2, 0.25) is 10.0 Å². The van der Waals surface area contributed by atoms with Gasteiger partial charge in [-0.3, -0.25) is 4.79 Å². The van der Waals surface area contributed by atoms with Crippen LogP contribution in [0.15, 0.2) is 24.3 Å². The van der Waals surface area contributed by atoms with E-state index < -0.39 is 16.1 Å². The lowest BCUT2D eigenvalue weighted by Crippen LogP contribution is -2.41. The summed E-state index contributed by atoms with van der Waals surface area (Å²) in [6, 6.07) is 7.48. The van der Waals surface area contributed by atoms with Crippen LogP contribution in [-0.2, 0) is 14.8 Å². The molecule has 0 bridgehead atoms. The molecule has 0 aliphatic rings. The first-order valence-corrected chi connectivity index (χ1v) is 8.67. The summed E-state index contributed by atoms with van der Waals surface area (Å²) in [6.07, 6.45) is 1.01. The van der Waals surface area contributed by atoms with Gasteiger partial charge in [0, 0.05) is 13.1 Å². The van der Waals surface area contributed by atoms with E-state index >= 15 is 0 Å². The molecule has 0 spiro atoms. The van der Waals surface area contributed by atoms with Crippen LogP contribution in [0.5, 0.6) is 5.75 Å². The Bertz CT molecular complexity index is 572. The normalized spacial score (nSPS) is 12.7. The van der Waals surface area contributed by atoms with Crippen molar-refractivity contribution in [2.45, 2.75) is 26.4 Å². The van der Waals surface area contributed by atoms with Gasteiger partial charge in [-0.1, -0.05) is 25.1 Å². The Morgan fingerprint density at radius 1 is 1.29 bits per heavy atom. The van der Waals surface area contributed by atoms with Crippen LogP contribution in [0.2, 0.25) is 0 Å². The fourth-order valence-electron chi connectivity index (χ4n) is 1.70. The number of hydrogen-bond donors (Lipinski definition) is 2. The lowest BCUT2D eigenvalue weighted by atomic mass is 10.2. The predicted octanol–water partition coefficient (Wildman–Crippen LogP) is 0.818. The van der Waals surface area contributed by atoms with Gasteiger partial charge < -0.3 is 10.1 Å². The molecule has 0 fully saturated rings. The maximum Gasteiger partial charge on any atom is 0.261 e. The summed E-state index contributed by atoms with van der Waals surface area (Å²) in [5.41, 5.74) is 0.961. The summed E-state index contributed by atoms with van der Waals surface area (Å²) in [5, 5.41) is 2.66. The molecule has 1 atom stereocenters. The molecule has 1 rings (SSSR count). The highest BCUT2D eigenvalue weighted by atomic mass is 32.2. The van der Waals surface area contributed by atoms with Crippen LogP contribution in [-0.4, -0.2) is 39.8 Å². The van der Waals surface area contributed by atoms with E-state index in [0.717, 1.165) is 11.8 Å². The van der Waals surface area contributed by atoms with Crippen molar-refractivity contribution in [3.63, 3.8) is 0 Å². The van der Waals surface area contributed by atoms with Crippen molar-refractivity contribution in [2.24, 2.45) is 0 Å². The van der Waals surface area contributed by atoms with Crippen LogP contribution in [0.4, 0.5) is 0 Å². The number of rotatable bonds is 8. The minimum absolute atomic E-state index is 0.158. The summed E-state index contributed by atoms with van der Waals surface area (Å²) in [7, 11) is -3.23. The van der Waals surface area contributed by atoms with E-state index in [0.29, 0.717) is 12.2 Å². The molecule has 118 valence electrons. The van der Waals surface area contributed by atoms with Gasteiger partial charge in [-0.15, -0.1) is 0 Å². The Morgan fingerprint density at radius 2 is 1.95 bits per heavy atom. The average molecular weight is 314 g/mol. The number of aryl methyl sites for hydroxylation is 1. The van der Waals surface area contributed by atoms with Crippen molar-refractivity contribution in [2.75, 3.05) is 19.3 Å². The number of hydrogen-bond acceptors (Lipinski definition) is 4. The lowest BCUT2D eigenvalue weighted by molar-refractivity contribution is -0.128. The zero-order valence-corrected chi connectivity index (χ0v) is 13.4. The molecule has 0 heterocycles. The Kier molecular flexibility index (Phi) is 6.64. The number of nitrogens with one attached hydrogen (secondary N) is 2. The van der Waals surface area contributed by atoms with E-state index in [1.165, 1.54) is 0 Å². The molecule has 0 aromatic heterocycles. The van der Waals surface area contributed by atoms with Gasteiger partial charge in [-0.25, -0.2) is 13.1 Å².